The van der Waals surface area contributed by atoms with E-state index in [1.807, 2.05) is 4.57 Å². The third-order valence-electron chi connectivity index (χ3n) is 12.7. The van der Waals surface area contributed by atoms with Crippen LogP contribution in [0.25, 0.3) is 33.5 Å². The van der Waals surface area contributed by atoms with Gasteiger partial charge in [-0.05, 0) is 102 Å². The molecule has 68 heavy (non-hydrogen) atoms. The van der Waals surface area contributed by atoms with Crippen LogP contribution in [0.15, 0.2) is 36.4 Å². The number of ether oxygens (including phenoxy) is 2. The molecule has 2 aliphatic heterocycles. The number of hydrogen-bond acceptors (Lipinski definition) is 9. The first-order valence-corrected chi connectivity index (χ1v) is 23.2. The first-order chi connectivity index (χ1) is 32.0. The molecule has 7 atom stereocenters. The summed E-state index contributed by atoms with van der Waals surface area (Å²) in [5.74, 6) is -3.15. The highest BCUT2D eigenvalue weighted by Gasteiger charge is 2.41. The maximum Gasteiger partial charge on any atom is 0.410 e. The molecule has 0 radical (unpaired) electrons. The molecule has 20 heteroatoms. The van der Waals surface area contributed by atoms with E-state index >= 15 is 4.39 Å². The molecular weight excluding hydrogens is 888 g/mol. The van der Waals surface area contributed by atoms with Gasteiger partial charge < -0.3 is 44.8 Å². The SMILES string of the molecule is CCC(NC(=O)C(C)N(C)C(=O)OC(C)(C)C)C(=O)N1C[C@@H](F)C[C@H]1Cc1c(-c2nc3cc(F)ccc3n2C[C@@H]2CCCN2C(=O)C(NC(=O)C(C)OC(=O)NC)C(C)C)[nH]c2cc(F)ccc12. The van der Waals surface area contributed by atoms with Gasteiger partial charge in [0.25, 0.3) is 5.91 Å². The summed E-state index contributed by atoms with van der Waals surface area (Å²) in [5, 5.41) is 8.40. The van der Waals surface area contributed by atoms with E-state index in [1.165, 1.54) is 57.1 Å². The number of hydrogen-bond donors (Lipinski definition) is 4. The lowest BCUT2D eigenvalue weighted by molar-refractivity contribution is -0.140. The number of alkyl carbamates (subject to hydrolysis) is 1. The molecule has 0 aliphatic carbocycles. The summed E-state index contributed by atoms with van der Waals surface area (Å²) < 4.78 is 57.8. The molecule has 4 N–H and O–H groups in total. The number of H-pyrrole nitrogens is 1. The second-order valence-corrected chi connectivity index (χ2v) is 19.1. The number of benzene rings is 2. The van der Waals surface area contributed by atoms with Gasteiger partial charge in [0.15, 0.2) is 11.9 Å². The van der Waals surface area contributed by atoms with Crippen LogP contribution in [0.3, 0.4) is 0 Å². The van der Waals surface area contributed by atoms with Crippen LogP contribution >= 0.6 is 0 Å². The third kappa shape index (κ3) is 11.3. The molecule has 2 aromatic heterocycles. The molecule has 370 valence electrons. The van der Waals surface area contributed by atoms with E-state index in [2.05, 4.69) is 20.9 Å². The largest absolute Gasteiger partial charge is 0.444 e. The summed E-state index contributed by atoms with van der Waals surface area (Å²) in [6.07, 6.45) is -2.65. The van der Waals surface area contributed by atoms with Gasteiger partial charge in [0.1, 0.15) is 41.5 Å². The average molecular weight is 952 g/mol. The van der Waals surface area contributed by atoms with Gasteiger partial charge in [-0.1, -0.05) is 20.8 Å². The molecule has 0 spiro atoms. The Balaban J connectivity index is 1.32. The molecule has 0 bridgehead atoms. The number of aromatic amines is 1. The molecule has 6 amide bonds. The van der Waals surface area contributed by atoms with Crippen LogP contribution in [-0.2, 0) is 41.6 Å². The Labute approximate surface area is 393 Å². The number of nitrogens with zero attached hydrogens (tertiary/aromatic N) is 5. The van der Waals surface area contributed by atoms with E-state index < -0.39 is 89.6 Å². The number of aromatic nitrogens is 3. The Morgan fingerprint density at radius 3 is 2.29 bits per heavy atom. The zero-order valence-corrected chi connectivity index (χ0v) is 40.4. The Bertz CT molecular complexity index is 2540. The summed E-state index contributed by atoms with van der Waals surface area (Å²) >= 11 is 0. The van der Waals surface area contributed by atoms with Gasteiger partial charge in [-0.15, -0.1) is 0 Å². The van der Waals surface area contributed by atoms with Crippen molar-refractivity contribution in [1.82, 2.24) is 45.2 Å². The van der Waals surface area contributed by atoms with Gasteiger partial charge in [0.2, 0.25) is 17.7 Å². The highest BCUT2D eigenvalue weighted by Crippen LogP contribution is 2.37. The fourth-order valence-corrected chi connectivity index (χ4v) is 8.93. The van der Waals surface area contributed by atoms with E-state index in [0.29, 0.717) is 58.4 Å². The summed E-state index contributed by atoms with van der Waals surface area (Å²) in [6, 6.07) is 4.23. The number of rotatable bonds is 15. The highest BCUT2D eigenvalue weighted by atomic mass is 19.1. The molecule has 6 rings (SSSR count). The zero-order chi connectivity index (χ0) is 49.9. The van der Waals surface area contributed by atoms with E-state index in [1.54, 1.807) is 58.6 Å². The van der Waals surface area contributed by atoms with Gasteiger partial charge in [-0.25, -0.2) is 27.7 Å². The number of imidazole rings is 1. The lowest BCUT2D eigenvalue weighted by Crippen LogP contribution is -2.55. The van der Waals surface area contributed by atoms with Gasteiger partial charge in [0.05, 0.1) is 23.3 Å². The predicted molar refractivity (Wildman–Crippen MR) is 248 cm³/mol. The van der Waals surface area contributed by atoms with Gasteiger partial charge in [-0.3, -0.25) is 24.1 Å². The topological polar surface area (TPSA) is 200 Å². The lowest BCUT2D eigenvalue weighted by Gasteiger charge is -2.32. The predicted octanol–water partition coefficient (Wildman–Crippen LogP) is 5.97. The van der Waals surface area contributed by atoms with Crippen LogP contribution in [0.2, 0.25) is 0 Å². The standard InChI is InChI=1S/C48H64F3N9O8/c1-11-35(55-42(61)26(4)57(10)47(66)68-48(6,7)8)44(63)59-23-30(51)19-32(59)22-34-33-16-14-28(49)20-36(33)53-40(34)41-54-37-21-29(50)15-17-38(37)60(41)24-31-13-12-18-58(31)45(64)39(25(2)3)56-43(62)27(5)67-46(65)52-9/h14-17,20-21,25-27,30-32,35,39,53H,11-13,18-19,22-24H2,1-10H3,(H,52,65)(H,55,61)(H,56,62)/t26?,27?,30-,31-,32-,35?,39?/m0/s1. The van der Waals surface area contributed by atoms with Crippen molar-refractivity contribution in [3.63, 3.8) is 0 Å². The molecule has 4 aromatic rings. The van der Waals surface area contributed by atoms with Gasteiger partial charge >= 0.3 is 12.2 Å². The Kier molecular flexibility index (Phi) is 15.7. The van der Waals surface area contributed by atoms with Crippen molar-refractivity contribution < 1.29 is 51.4 Å². The number of carbonyl (C=O) groups is 6. The van der Waals surface area contributed by atoms with E-state index in [9.17, 15) is 37.5 Å². The number of alkyl halides is 1. The molecule has 17 nitrogen and oxygen atoms in total. The molecular formula is C48H64F3N9O8. The minimum atomic E-state index is -1.40. The van der Waals surface area contributed by atoms with Gasteiger partial charge in [0, 0.05) is 62.7 Å². The van der Waals surface area contributed by atoms with Gasteiger partial charge in [-0.2, -0.15) is 0 Å². The molecule has 2 aliphatic rings. The summed E-state index contributed by atoms with van der Waals surface area (Å²) in [4.78, 5) is 92.4. The quantitative estimate of drug-likeness (QED) is 0.111. The Morgan fingerprint density at radius 1 is 0.941 bits per heavy atom. The van der Waals surface area contributed by atoms with Crippen LogP contribution in [0.4, 0.5) is 22.8 Å². The second-order valence-electron chi connectivity index (χ2n) is 19.1. The second kappa shape index (κ2) is 20.9. The number of likely N-dealkylation sites (N-methyl/N-ethyl adjacent to an activating group) is 1. The summed E-state index contributed by atoms with van der Waals surface area (Å²) in [5.41, 5.74) is 1.46. The van der Waals surface area contributed by atoms with Crippen LogP contribution in [0, 0.1) is 17.6 Å². The number of amides is 6. The fourth-order valence-electron chi connectivity index (χ4n) is 8.93. The first-order valence-electron chi connectivity index (χ1n) is 23.2. The lowest BCUT2D eigenvalue weighted by atomic mass is 9.99. The van der Waals surface area contributed by atoms with Crippen LogP contribution < -0.4 is 16.0 Å². The van der Waals surface area contributed by atoms with E-state index in [-0.39, 0.29) is 44.2 Å². The molecule has 4 heterocycles. The average Bonchev–Trinajstić information content (AvgIpc) is 4.07. The van der Waals surface area contributed by atoms with Crippen molar-refractivity contribution in [3.05, 3.63) is 53.6 Å². The molecule has 2 fully saturated rings. The number of carbonyl (C=O) groups excluding carboxylic acids is 6. The van der Waals surface area contributed by atoms with Crippen molar-refractivity contribution >= 4 is 57.8 Å². The smallest absolute Gasteiger partial charge is 0.410 e. The maximum absolute atomic E-state index is 15.6. The van der Waals surface area contributed by atoms with Crippen molar-refractivity contribution in [1.29, 1.82) is 0 Å². The van der Waals surface area contributed by atoms with Crippen LogP contribution in [-0.4, -0.2) is 140 Å². The number of nitrogens with one attached hydrogen (secondary N) is 4. The Hall–Kier alpha value is -6.34. The van der Waals surface area contributed by atoms with Crippen LogP contribution in [0.5, 0.6) is 0 Å². The molecule has 2 saturated heterocycles. The van der Waals surface area contributed by atoms with E-state index in [0.717, 1.165) is 4.90 Å². The Morgan fingerprint density at radius 2 is 1.63 bits per heavy atom. The maximum atomic E-state index is 15.6. The molecule has 2 aromatic carbocycles. The normalized spacial score (nSPS) is 19.2. The molecule has 4 unspecified atom stereocenters. The van der Waals surface area contributed by atoms with Crippen LogP contribution in [0.1, 0.15) is 86.6 Å². The number of halogens is 3. The first kappa shape index (κ1) is 51.1. The number of likely N-dealkylation sites (tertiary alicyclic amines) is 2. The highest BCUT2D eigenvalue weighted by molar-refractivity contribution is 5.94. The minimum Gasteiger partial charge on any atom is -0.444 e. The fraction of sp³-hybridized carbons (Fsp3) is 0.562. The van der Waals surface area contributed by atoms with Crippen molar-refractivity contribution in [2.45, 2.75) is 142 Å². The third-order valence-corrected chi connectivity index (χ3v) is 12.7. The molecule has 0 saturated carbocycles. The summed E-state index contributed by atoms with van der Waals surface area (Å²) in [6.45, 7) is 13.7. The van der Waals surface area contributed by atoms with Crippen molar-refractivity contribution in [3.8, 4) is 11.5 Å². The monoisotopic (exact) mass is 951 g/mol. The minimum absolute atomic E-state index is 0.0355. The van der Waals surface area contributed by atoms with E-state index in [4.69, 9.17) is 14.5 Å². The van der Waals surface area contributed by atoms with Crippen molar-refractivity contribution in [2.24, 2.45) is 5.92 Å². The zero-order valence-electron chi connectivity index (χ0n) is 40.4. The van der Waals surface area contributed by atoms with Crippen molar-refractivity contribution in [2.75, 3.05) is 27.2 Å². The summed E-state index contributed by atoms with van der Waals surface area (Å²) in [7, 11) is 2.79. The number of fused-ring (bicyclic) bond motifs is 2.